The SMILES string of the molecule is C[C@]12CCC(=O)C=C1CC(NS(C)(=O)=O)C1C3CC[C@@]4(CCC(=O)O4)[C@@]3(C)C[C@H]3O[C@@]132. The van der Waals surface area contributed by atoms with E-state index in [0.29, 0.717) is 19.3 Å². The van der Waals surface area contributed by atoms with E-state index in [9.17, 15) is 18.0 Å². The fourth-order valence-electron chi connectivity index (χ4n) is 8.69. The Kier molecular flexibility index (Phi) is 3.81. The van der Waals surface area contributed by atoms with Crippen LogP contribution in [0.4, 0.5) is 0 Å². The number of epoxide rings is 1. The molecule has 0 aromatic heterocycles. The molecular formula is C23H31NO6S. The normalized spacial score (nSPS) is 52.7. The quantitative estimate of drug-likeness (QED) is 0.512. The summed E-state index contributed by atoms with van der Waals surface area (Å²) in [6, 6.07) is -0.317. The highest BCUT2D eigenvalue weighted by molar-refractivity contribution is 7.88. The van der Waals surface area contributed by atoms with Gasteiger partial charge in [0.2, 0.25) is 10.0 Å². The maximum atomic E-state index is 12.4. The Hall–Kier alpha value is -1.25. The zero-order valence-corrected chi connectivity index (χ0v) is 19.2. The lowest BCUT2D eigenvalue weighted by Gasteiger charge is -2.59. The van der Waals surface area contributed by atoms with Gasteiger partial charge in [0.1, 0.15) is 11.2 Å². The summed E-state index contributed by atoms with van der Waals surface area (Å²) in [5.41, 5.74) is -0.351. The number of nitrogens with one attached hydrogen (secondary N) is 1. The second-order valence-corrected chi connectivity index (χ2v) is 13.1. The molecule has 2 spiro atoms. The van der Waals surface area contributed by atoms with E-state index in [1.165, 1.54) is 6.26 Å². The van der Waals surface area contributed by atoms with Crippen molar-refractivity contribution in [2.24, 2.45) is 22.7 Å². The first-order valence-corrected chi connectivity index (χ1v) is 13.4. The molecule has 0 aromatic carbocycles. The van der Waals surface area contributed by atoms with Crippen molar-refractivity contribution in [3.63, 3.8) is 0 Å². The highest BCUT2D eigenvalue weighted by Gasteiger charge is 2.83. The lowest BCUT2D eigenvalue weighted by molar-refractivity contribution is -0.164. The monoisotopic (exact) mass is 449 g/mol. The molecule has 8 heteroatoms. The molecule has 31 heavy (non-hydrogen) atoms. The van der Waals surface area contributed by atoms with Gasteiger partial charge in [0.05, 0.1) is 12.4 Å². The number of ketones is 1. The Morgan fingerprint density at radius 3 is 2.58 bits per heavy atom. The number of sulfonamides is 1. The topological polar surface area (TPSA) is 102 Å². The second kappa shape index (κ2) is 5.81. The van der Waals surface area contributed by atoms with Crippen LogP contribution in [0.1, 0.15) is 65.2 Å². The average molecular weight is 450 g/mol. The number of hydrogen-bond donors (Lipinski definition) is 1. The molecule has 0 amide bonds. The van der Waals surface area contributed by atoms with E-state index in [1.54, 1.807) is 6.08 Å². The van der Waals surface area contributed by atoms with Crippen molar-refractivity contribution in [2.75, 3.05) is 6.26 Å². The van der Waals surface area contributed by atoms with Crippen LogP contribution in [0, 0.1) is 22.7 Å². The molecule has 170 valence electrons. The first kappa shape index (κ1) is 20.4. The molecule has 1 N–H and O–H groups in total. The maximum absolute atomic E-state index is 12.4. The van der Waals surface area contributed by atoms with Gasteiger partial charge in [-0.25, -0.2) is 13.1 Å². The molecule has 5 fully saturated rings. The average Bonchev–Trinajstić information content (AvgIpc) is 3.14. The van der Waals surface area contributed by atoms with Crippen LogP contribution in [-0.2, 0) is 29.1 Å². The van der Waals surface area contributed by atoms with Crippen LogP contribution < -0.4 is 4.72 Å². The summed E-state index contributed by atoms with van der Waals surface area (Å²) < 4.78 is 40.3. The van der Waals surface area contributed by atoms with Crippen molar-refractivity contribution in [3.8, 4) is 0 Å². The van der Waals surface area contributed by atoms with Gasteiger partial charge in [0.15, 0.2) is 5.78 Å². The zero-order valence-electron chi connectivity index (χ0n) is 18.4. The van der Waals surface area contributed by atoms with Gasteiger partial charge in [0, 0.05) is 35.6 Å². The Bertz CT molecular complexity index is 1040. The van der Waals surface area contributed by atoms with Gasteiger partial charge in [0.25, 0.3) is 0 Å². The van der Waals surface area contributed by atoms with E-state index >= 15 is 0 Å². The molecule has 2 saturated heterocycles. The van der Waals surface area contributed by atoms with Crippen LogP contribution in [0.2, 0.25) is 0 Å². The first-order chi connectivity index (χ1) is 14.4. The largest absolute Gasteiger partial charge is 0.458 e. The van der Waals surface area contributed by atoms with Gasteiger partial charge in [-0.1, -0.05) is 19.4 Å². The summed E-state index contributed by atoms with van der Waals surface area (Å²) >= 11 is 0. The first-order valence-electron chi connectivity index (χ1n) is 11.6. The van der Waals surface area contributed by atoms with E-state index in [0.717, 1.165) is 37.7 Å². The summed E-state index contributed by atoms with van der Waals surface area (Å²) in [6.07, 6.45) is 8.53. The highest BCUT2D eigenvalue weighted by Crippen LogP contribution is 2.77. The number of hydrogen-bond acceptors (Lipinski definition) is 6. The molecule has 7 nitrogen and oxygen atoms in total. The van der Waals surface area contributed by atoms with Gasteiger partial charge >= 0.3 is 5.97 Å². The Morgan fingerprint density at radius 1 is 1.13 bits per heavy atom. The summed E-state index contributed by atoms with van der Waals surface area (Å²) in [5.74, 6) is 0.205. The zero-order chi connectivity index (χ0) is 22.0. The van der Waals surface area contributed by atoms with E-state index in [4.69, 9.17) is 9.47 Å². The molecule has 6 rings (SSSR count). The van der Waals surface area contributed by atoms with Gasteiger partial charge in [-0.2, -0.15) is 0 Å². The fourth-order valence-corrected chi connectivity index (χ4v) is 9.47. The van der Waals surface area contributed by atoms with Gasteiger partial charge in [-0.05, 0) is 50.5 Å². The number of ether oxygens (including phenoxy) is 2. The molecular weight excluding hydrogens is 418 g/mol. The smallest absolute Gasteiger partial charge is 0.306 e. The number of carbonyl (C=O) groups is 2. The van der Waals surface area contributed by atoms with Crippen molar-refractivity contribution in [1.82, 2.24) is 4.72 Å². The van der Waals surface area contributed by atoms with Gasteiger partial charge < -0.3 is 9.47 Å². The highest BCUT2D eigenvalue weighted by atomic mass is 32.2. The number of fused-ring (bicyclic) bond motifs is 4. The summed E-state index contributed by atoms with van der Waals surface area (Å²) in [5, 5.41) is 0. The molecule has 8 atom stereocenters. The summed E-state index contributed by atoms with van der Waals surface area (Å²) in [6.45, 7) is 4.46. The summed E-state index contributed by atoms with van der Waals surface area (Å²) in [7, 11) is -3.44. The van der Waals surface area contributed by atoms with Crippen LogP contribution in [0.25, 0.3) is 0 Å². The van der Waals surface area contributed by atoms with E-state index < -0.39 is 21.2 Å². The molecule has 2 aliphatic heterocycles. The van der Waals surface area contributed by atoms with Crippen molar-refractivity contribution in [2.45, 2.75) is 88.6 Å². The number of esters is 1. The Morgan fingerprint density at radius 2 is 1.90 bits per heavy atom. The molecule has 0 bridgehead atoms. The van der Waals surface area contributed by atoms with E-state index in [2.05, 4.69) is 18.6 Å². The van der Waals surface area contributed by atoms with Crippen LogP contribution in [0.3, 0.4) is 0 Å². The minimum Gasteiger partial charge on any atom is -0.458 e. The van der Waals surface area contributed by atoms with Crippen LogP contribution in [0.5, 0.6) is 0 Å². The van der Waals surface area contributed by atoms with Crippen LogP contribution in [-0.4, -0.2) is 49.8 Å². The Labute approximate surface area is 183 Å². The van der Waals surface area contributed by atoms with Crippen molar-refractivity contribution >= 4 is 21.8 Å². The maximum Gasteiger partial charge on any atom is 0.306 e. The van der Waals surface area contributed by atoms with Crippen molar-refractivity contribution < 1.29 is 27.5 Å². The predicted molar refractivity (Wildman–Crippen MR) is 111 cm³/mol. The lowest BCUT2D eigenvalue weighted by Crippen LogP contribution is -2.66. The fraction of sp³-hybridized carbons (Fsp3) is 0.826. The minimum absolute atomic E-state index is 0.00000378. The van der Waals surface area contributed by atoms with E-state index in [-0.39, 0.29) is 46.6 Å². The molecule has 3 saturated carbocycles. The third-order valence-electron chi connectivity index (χ3n) is 10.1. The van der Waals surface area contributed by atoms with Crippen molar-refractivity contribution in [1.29, 1.82) is 0 Å². The summed E-state index contributed by atoms with van der Waals surface area (Å²) in [4.78, 5) is 24.4. The Balaban J connectivity index is 1.48. The molecule has 0 aromatic rings. The standard InChI is InChI=1S/C23H31NO6S/c1-20-7-4-14(25)10-13(20)11-16(24-31(3,27)28)19-15-5-8-22(9-6-18(26)30-22)21(15,2)12-17-23(19,20)29-17/h10,15-17,19,24H,4-9,11-12H2,1-3H3/t15?,16?,17-,19?,20+,21+,22-,23-/m1/s1. The third kappa shape index (κ3) is 2.39. The lowest BCUT2D eigenvalue weighted by atomic mass is 9.45. The molecule has 4 aliphatic carbocycles. The molecule has 2 heterocycles. The second-order valence-electron chi connectivity index (χ2n) is 11.3. The molecule has 3 unspecified atom stereocenters. The number of carbonyl (C=O) groups excluding carboxylic acids is 2. The minimum atomic E-state index is -3.44. The molecule has 6 aliphatic rings. The van der Waals surface area contributed by atoms with E-state index in [1.807, 2.05) is 0 Å². The predicted octanol–water partition coefficient (Wildman–Crippen LogP) is 2.25. The third-order valence-corrected chi connectivity index (χ3v) is 10.8. The number of rotatable bonds is 2. The van der Waals surface area contributed by atoms with Gasteiger partial charge in [-0.3, -0.25) is 9.59 Å². The van der Waals surface area contributed by atoms with Crippen molar-refractivity contribution in [3.05, 3.63) is 11.6 Å². The molecule has 0 radical (unpaired) electrons. The van der Waals surface area contributed by atoms with Crippen LogP contribution >= 0.6 is 0 Å². The van der Waals surface area contributed by atoms with Gasteiger partial charge in [-0.15, -0.1) is 0 Å². The van der Waals surface area contributed by atoms with Crippen LogP contribution in [0.15, 0.2) is 11.6 Å².